The lowest BCUT2D eigenvalue weighted by molar-refractivity contribution is 0.0251. The average Bonchev–Trinajstić information content (AvgIpc) is 2.50. The monoisotopic (exact) mass is 287 g/mol. The van der Waals surface area contributed by atoms with E-state index in [1.807, 2.05) is 25.1 Å². The summed E-state index contributed by atoms with van der Waals surface area (Å²) in [5, 5.41) is 12.4. The number of rotatable bonds is 6. The van der Waals surface area contributed by atoms with Crippen molar-refractivity contribution in [2.24, 2.45) is 5.73 Å². The molecule has 0 heterocycles. The Hall–Kier alpha value is -1.57. The Balaban J connectivity index is 1.65. The molecule has 0 amide bonds. The molecule has 0 radical (unpaired) electrons. The Morgan fingerprint density at radius 1 is 1.33 bits per heavy atom. The minimum atomic E-state index is 0.373. The summed E-state index contributed by atoms with van der Waals surface area (Å²) in [5.41, 5.74) is 8.61. The third kappa shape index (κ3) is 5.04. The van der Waals surface area contributed by atoms with Gasteiger partial charge in [0.25, 0.3) is 0 Å². The van der Waals surface area contributed by atoms with Crippen molar-refractivity contribution in [3.63, 3.8) is 0 Å². The van der Waals surface area contributed by atoms with Crippen molar-refractivity contribution in [2.75, 3.05) is 18.5 Å². The highest BCUT2D eigenvalue weighted by atomic mass is 16.5. The van der Waals surface area contributed by atoms with Gasteiger partial charge >= 0.3 is 0 Å². The molecule has 1 fully saturated rings. The number of nitriles is 1. The van der Waals surface area contributed by atoms with Crippen LogP contribution in [0.4, 0.5) is 5.69 Å². The molecule has 0 unspecified atom stereocenters. The fourth-order valence-electron chi connectivity index (χ4n) is 2.71. The largest absolute Gasteiger partial charge is 0.384 e. The number of hydrogen-bond acceptors (Lipinski definition) is 4. The number of nitrogens with two attached hydrogens (primary N) is 1. The van der Waals surface area contributed by atoms with Crippen molar-refractivity contribution in [3.05, 3.63) is 29.3 Å². The predicted molar refractivity (Wildman–Crippen MR) is 85.2 cm³/mol. The van der Waals surface area contributed by atoms with Gasteiger partial charge in [-0.1, -0.05) is 6.07 Å². The van der Waals surface area contributed by atoms with E-state index in [1.165, 1.54) is 0 Å². The minimum absolute atomic E-state index is 0.373. The Morgan fingerprint density at radius 3 is 2.81 bits per heavy atom. The second kappa shape index (κ2) is 8.02. The summed E-state index contributed by atoms with van der Waals surface area (Å²) in [6, 6.07) is 8.50. The van der Waals surface area contributed by atoms with Crippen molar-refractivity contribution in [1.29, 1.82) is 5.26 Å². The van der Waals surface area contributed by atoms with E-state index in [0.29, 0.717) is 17.7 Å². The summed E-state index contributed by atoms with van der Waals surface area (Å²) in [5.74, 6) is 0. The van der Waals surface area contributed by atoms with Crippen LogP contribution in [0.2, 0.25) is 0 Å². The molecule has 4 nitrogen and oxygen atoms in total. The van der Waals surface area contributed by atoms with Gasteiger partial charge < -0.3 is 15.8 Å². The molecule has 1 saturated carbocycles. The fourth-order valence-corrected chi connectivity index (χ4v) is 2.71. The van der Waals surface area contributed by atoms with E-state index >= 15 is 0 Å². The molecule has 114 valence electrons. The molecule has 0 saturated heterocycles. The number of anilines is 1. The van der Waals surface area contributed by atoms with Crippen LogP contribution >= 0.6 is 0 Å². The summed E-state index contributed by atoms with van der Waals surface area (Å²) in [7, 11) is 0. The minimum Gasteiger partial charge on any atom is -0.384 e. The Kier molecular flexibility index (Phi) is 6.04. The second-order valence-electron chi connectivity index (χ2n) is 5.85. The smallest absolute Gasteiger partial charge is 0.101 e. The quantitative estimate of drug-likeness (QED) is 0.789. The number of aryl methyl sites for hydroxylation is 1. The molecule has 1 aliphatic rings. The summed E-state index contributed by atoms with van der Waals surface area (Å²) in [4.78, 5) is 0. The van der Waals surface area contributed by atoms with Gasteiger partial charge in [-0.15, -0.1) is 0 Å². The molecule has 1 aromatic rings. The first-order valence-corrected chi connectivity index (χ1v) is 7.81. The third-order valence-corrected chi connectivity index (χ3v) is 4.00. The van der Waals surface area contributed by atoms with Crippen molar-refractivity contribution in [1.82, 2.24) is 0 Å². The van der Waals surface area contributed by atoms with E-state index in [9.17, 15) is 0 Å². The molecule has 0 aromatic heterocycles. The number of ether oxygens (including phenoxy) is 1. The zero-order valence-corrected chi connectivity index (χ0v) is 12.8. The number of hydrogen-bond donors (Lipinski definition) is 2. The zero-order chi connectivity index (χ0) is 15.1. The molecule has 1 aliphatic carbocycles. The molecular formula is C17H25N3O. The first-order valence-electron chi connectivity index (χ1n) is 7.81. The third-order valence-electron chi connectivity index (χ3n) is 4.00. The van der Waals surface area contributed by atoms with Crippen molar-refractivity contribution in [3.8, 4) is 6.07 Å². The van der Waals surface area contributed by atoms with Crippen LogP contribution in [-0.4, -0.2) is 25.3 Å². The summed E-state index contributed by atoms with van der Waals surface area (Å²) in [6.07, 6.45) is 5.67. The molecule has 0 aliphatic heterocycles. The van der Waals surface area contributed by atoms with Crippen LogP contribution in [0.15, 0.2) is 18.2 Å². The lowest BCUT2D eigenvalue weighted by Gasteiger charge is -2.26. The van der Waals surface area contributed by atoms with Gasteiger partial charge in [0.15, 0.2) is 0 Å². The van der Waals surface area contributed by atoms with E-state index in [4.69, 9.17) is 15.7 Å². The maximum atomic E-state index is 9.11. The summed E-state index contributed by atoms with van der Waals surface area (Å²) in [6.45, 7) is 3.58. The molecule has 0 atom stereocenters. The van der Waals surface area contributed by atoms with Gasteiger partial charge in [0, 0.05) is 19.2 Å². The SMILES string of the molecule is Cc1ccc(NCCCOC2CCC(N)CC2)c(C#N)c1. The maximum Gasteiger partial charge on any atom is 0.101 e. The van der Waals surface area contributed by atoms with Gasteiger partial charge in [-0.2, -0.15) is 5.26 Å². The fraction of sp³-hybridized carbons (Fsp3) is 0.588. The van der Waals surface area contributed by atoms with E-state index in [-0.39, 0.29) is 0 Å². The maximum absolute atomic E-state index is 9.11. The van der Waals surface area contributed by atoms with Crippen LogP contribution in [-0.2, 0) is 4.74 Å². The van der Waals surface area contributed by atoms with Crippen molar-refractivity contribution >= 4 is 5.69 Å². The lowest BCUT2D eigenvalue weighted by Crippen LogP contribution is -2.30. The summed E-state index contributed by atoms with van der Waals surface area (Å²) >= 11 is 0. The number of nitrogens with zero attached hydrogens (tertiary/aromatic N) is 1. The average molecular weight is 287 g/mol. The Labute approximate surface area is 127 Å². The van der Waals surface area contributed by atoms with Crippen molar-refractivity contribution < 1.29 is 4.74 Å². The van der Waals surface area contributed by atoms with Crippen LogP contribution in [0.1, 0.15) is 43.2 Å². The molecule has 0 bridgehead atoms. The number of benzene rings is 1. The Bertz CT molecular complexity index is 487. The van der Waals surface area contributed by atoms with Gasteiger partial charge in [-0.3, -0.25) is 0 Å². The molecule has 1 aromatic carbocycles. The van der Waals surface area contributed by atoms with E-state index in [0.717, 1.165) is 56.5 Å². The van der Waals surface area contributed by atoms with E-state index in [2.05, 4.69) is 11.4 Å². The lowest BCUT2D eigenvalue weighted by atomic mass is 9.94. The first kappa shape index (κ1) is 15.8. The molecule has 21 heavy (non-hydrogen) atoms. The highest BCUT2D eigenvalue weighted by molar-refractivity contribution is 5.58. The Morgan fingerprint density at radius 2 is 2.10 bits per heavy atom. The normalized spacial score (nSPS) is 21.8. The predicted octanol–water partition coefficient (Wildman–Crippen LogP) is 2.96. The highest BCUT2D eigenvalue weighted by Gasteiger charge is 2.18. The van der Waals surface area contributed by atoms with Crippen LogP contribution in [0, 0.1) is 18.3 Å². The topological polar surface area (TPSA) is 71.1 Å². The molecule has 0 spiro atoms. The van der Waals surface area contributed by atoms with E-state index in [1.54, 1.807) is 0 Å². The van der Waals surface area contributed by atoms with Crippen LogP contribution in [0.3, 0.4) is 0 Å². The summed E-state index contributed by atoms with van der Waals surface area (Å²) < 4.78 is 5.88. The standard InChI is InChI=1S/C17H25N3O/c1-13-3-8-17(14(11-13)12-18)20-9-2-10-21-16-6-4-15(19)5-7-16/h3,8,11,15-16,20H,2,4-7,9-10,19H2,1H3. The molecule has 4 heteroatoms. The van der Waals surface area contributed by atoms with Gasteiger partial charge in [-0.05, 0) is 56.7 Å². The van der Waals surface area contributed by atoms with Crippen LogP contribution < -0.4 is 11.1 Å². The van der Waals surface area contributed by atoms with E-state index < -0.39 is 0 Å². The molecule has 3 N–H and O–H groups in total. The van der Waals surface area contributed by atoms with Crippen molar-refractivity contribution in [2.45, 2.75) is 51.2 Å². The van der Waals surface area contributed by atoms with Gasteiger partial charge in [0.05, 0.1) is 17.4 Å². The molecular weight excluding hydrogens is 262 g/mol. The zero-order valence-electron chi connectivity index (χ0n) is 12.8. The van der Waals surface area contributed by atoms with Gasteiger partial charge in [-0.25, -0.2) is 0 Å². The number of nitrogens with one attached hydrogen (secondary N) is 1. The molecule has 2 rings (SSSR count). The second-order valence-corrected chi connectivity index (χ2v) is 5.85. The van der Waals surface area contributed by atoms with Gasteiger partial charge in [0.1, 0.15) is 6.07 Å². The van der Waals surface area contributed by atoms with Crippen LogP contribution in [0.25, 0.3) is 0 Å². The van der Waals surface area contributed by atoms with Gasteiger partial charge in [0.2, 0.25) is 0 Å². The highest BCUT2D eigenvalue weighted by Crippen LogP contribution is 2.20. The van der Waals surface area contributed by atoms with Crippen LogP contribution in [0.5, 0.6) is 0 Å². The first-order chi connectivity index (χ1) is 10.2.